The number of azo groups is 2. The highest BCUT2D eigenvalue weighted by molar-refractivity contribution is 7.13. The number of nitrogens with zero attached hydrogens (tertiary/aromatic N) is 8. The van der Waals surface area contributed by atoms with E-state index in [1.54, 1.807) is 14.2 Å². The molecule has 0 N–H and O–H groups in total. The SMILES string of the molecule is COc1ccc(N=Nc2sc(=Nc3ccccc3)n(CCn3c(C)c(N=Nc4ccc(OC)cc4)sc3=Nc3ccccc3)c2C)cc1. The summed E-state index contributed by atoms with van der Waals surface area (Å²) in [4.78, 5) is 11.7. The molecular formula is C36H34N8O2S2. The summed E-state index contributed by atoms with van der Waals surface area (Å²) >= 11 is 3.01. The van der Waals surface area contributed by atoms with Crippen molar-refractivity contribution in [3.63, 3.8) is 0 Å². The number of hydrogen-bond acceptors (Lipinski definition) is 10. The molecule has 0 saturated heterocycles. The second-order valence-electron chi connectivity index (χ2n) is 10.5. The van der Waals surface area contributed by atoms with Gasteiger partial charge in [0.25, 0.3) is 0 Å². The molecule has 48 heavy (non-hydrogen) atoms. The molecule has 0 spiro atoms. The topological polar surface area (TPSA) is 102 Å². The van der Waals surface area contributed by atoms with Crippen LogP contribution in [-0.2, 0) is 13.1 Å². The molecule has 0 bridgehead atoms. The molecule has 2 aromatic heterocycles. The van der Waals surface area contributed by atoms with Gasteiger partial charge in [-0.05, 0) is 86.6 Å². The smallest absolute Gasteiger partial charge is 0.192 e. The fraction of sp³-hybridized carbons (Fsp3) is 0.167. The highest BCUT2D eigenvalue weighted by Gasteiger charge is 2.14. The Balaban J connectivity index is 1.36. The van der Waals surface area contributed by atoms with Gasteiger partial charge in [0.2, 0.25) is 0 Å². The van der Waals surface area contributed by atoms with Crippen LogP contribution in [0.4, 0.5) is 32.8 Å². The standard InChI is InChI=1S/C36H34N8O2S2/c1-25-33(41-39-29-15-19-31(45-3)20-16-29)47-35(37-27-11-7-5-8-12-27)43(25)23-24-44-26(2)34(42-40-30-17-21-32(46-4)22-18-30)48-36(44)38-28-13-9-6-10-14-28/h5-22H,23-24H2,1-4H3. The number of aromatic nitrogens is 2. The molecule has 6 aromatic rings. The van der Waals surface area contributed by atoms with Crippen molar-refractivity contribution in [1.29, 1.82) is 0 Å². The van der Waals surface area contributed by atoms with Crippen LogP contribution in [0.1, 0.15) is 11.4 Å². The van der Waals surface area contributed by atoms with Crippen molar-refractivity contribution < 1.29 is 9.47 Å². The normalized spacial score (nSPS) is 12.4. The summed E-state index contributed by atoms with van der Waals surface area (Å²) < 4.78 is 14.9. The summed E-state index contributed by atoms with van der Waals surface area (Å²) in [6.45, 7) is 5.36. The average molecular weight is 675 g/mol. The third-order valence-electron chi connectivity index (χ3n) is 7.43. The lowest BCUT2D eigenvalue weighted by Crippen LogP contribution is -2.24. The van der Waals surface area contributed by atoms with Crippen LogP contribution in [0.3, 0.4) is 0 Å². The molecule has 10 nitrogen and oxygen atoms in total. The van der Waals surface area contributed by atoms with Gasteiger partial charge < -0.3 is 18.6 Å². The molecule has 242 valence electrons. The lowest BCUT2D eigenvalue weighted by molar-refractivity contribution is 0.414. The zero-order valence-corrected chi connectivity index (χ0v) is 28.7. The number of thiazole rings is 2. The molecule has 0 radical (unpaired) electrons. The van der Waals surface area contributed by atoms with Gasteiger partial charge in [0.15, 0.2) is 19.6 Å². The van der Waals surface area contributed by atoms with Gasteiger partial charge in [-0.15, -0.1) is 20.5 Å². The van der Waals surface area contributed by atoms with Crippen LogP contribution in [0, 0.1) is 13.8 Å². The predicted octanol–water partition coefficient (Wildman–Crippen LogP) is 10.0. The lowest BCUT2D eigenvalue weighted by atomic mass is 10.3. The van der Waals surface area contributed by atoms with Gasteiger partial charge >= 0.3 is 0 Å². The summed E-state index contributed by atoms with van der Waals surface area (Å²) in [5.41, 5.74) is 5.16. The minimum Gasteiger partial charge on any atom is -0.497 e. The Hall–Kier alpha value is -5.46. The van der Waals surface area contributed by atoms with Crippen LogP contribution < -0.4 is 19.1 Å². The summed E-state index contributed by atoms with van der Waals surface area (Å²) in [5, 5.41) is 19.8. The van der Waals surface area contributed by atoms with Gasteiger partial charge in [-0.2, -0.15) is 0 Å². The zero-order chi connectivity index (χ0) is 33.3. The molecule has 0 fully saturated rings. The highest BCUT2D eigenvalue weighted by atomic mass is 32.1. The largest absolute Gasteiger partial charge is 0.497 e. The maximum atomic E-state index is 5.27. The first-order chi connectivity index (χ1) is 23.5. The van der Waals surface area contributed by atoms with Gasteiger partial charge in [-0.1, -0.05) is 59.1 Å². The van der Waals surface area contributed by atoms with E-state index in [1.807, 2.05) is 109 Å². The Kier molecular flexibility index (Phi) is 10.4. The zero-order valence-electron chi connectivity index (χ0n) is 27.0. The van der Waals surface area contributed by atoms with E-state index < -0.39 is 0 Å². The summed E-state index contributed by atoms with van der Waals surface area (Å²) in [7, 11) is 3.29. The first kappa shape index (κ1) is 32.5. The molecule has 0 unspecified atom stereocenters. The van der Waals surface area contributed by atoms with E-state index in [0.717, 1.165) is 65.2 Å². The van der Waals surface area contributed by atoms with Gasteiger partial charge in [-0.3, -0.25) is 0 Å². The van der Waals surface area contributed by atoms with Gasteiger partial charge in [0, 0.05) is 13.1 Å². The van der Waals surface area contributed by atoms with Crippen molar-refractivity contribution in [3.8, 4) is 11.5 Å². The van der Waals surface area contributed by atoms with E-state index in [0.29, 0.717) is 13.1 Å². The fourth-order valence-corrected chi connectivity index (χ4v) is 6.76. The monoisotopic (exact) mass is 674 g/mol. The van der Waals surface area contributed by atoms with E-state index in [2.05, 4.69) is 43.4 Å². The molecule has 0 amide bonds. The molecule has 0 aliphatic rings. The quantitative estimate of drug-likeness (QED) is 0.128. The van der Waals surface area contributed by atoms with Crippen molar-refractivity contribution in [2.75, 3.05) is 14.2 Å². The maximum Gasteiger partial charge on any atom is 0.192 e. The summed E-state index contributed by atoms with van der Waals surface area (Å²) in [5.74, 6) is 1.54. The van der Waals surface area contributed by atoms with Crippen LogP contribution in [0.15, 0.2) is 140 Å². The van der Waals surface area contributed by atoms with Crippen molar-refractivity contribution in [1.82, 2.24) is 9.13 Å². The van der Waals surface area contributed by atoms with Crippen molar-refractivity contribution in [2.24, 2.45) is 30.4 Å². The Bertz CT molecular complexity index is 2010. The number of para-hydroxylation sites is 2. The average Bonchev–Trinajstić information content (AvgIpc) is 3.59. The third kappa shape index (κ3) is 7.91. The van der Waals surface area contributed by atoms with Crippen LogP contribution >= 0.6 is 22.7 Å². The van der Waals surface area contributed by atoms with Crippen LogP contribution in [-0.4, -0.2) is 23.4 Å². The third-order valence-corrected chi connectivity index (χ3v) is 9.56. The second-order valence-corrected chi connectivity index (χ2v) is 12.5. The van der Waals surface area contributed by atoms with E-state index in [4.69, 9.17) is 19.5 Å². The van der Waals surface area contributed by atoms with Gasteiger partial charge in [0.1, 0.15) is 11.5 Å². The Morgan fingerprint density at radius 2 is 0.854 bits per heavy atom. The van der Waals surface area contributed by atoms with E-state index in [1.165, 1.54) is 22.7 Å². The van der Waals surface area contributed by atoms with Crippen LogP contribution in [0.2, 0.25) is 0 Å². The first-order valence-electron chi connectivity index (χ1n) is 15.2. The molecule has 4 aromatic carbocycles. The molecule has 0 atom stereocenters. The van der Waals surface area contributed by atoms with Crippen molar-refractivity contribution >= 4 is 55.4 Å². The predicted molar refractivity (Wildman–Crippen MR) is 192 cm³/mol. The molecule has 6 rings (SSSR count). The number of ether oxygens (including phenoxy) is 2. The number of hydrogen-bond donors (Lipinski definition) is 0. The fourth-order valence-electron chi connectivity index (χ4n) is 4.76. The Morgan fingerprint density at radius 1 is 0.479 bits per heavy atom. The van der Waals surface area contributed by atoms with E-state index in [9.17, 15) is 0 Å². The Labute approximate surface area is 286 Å². The van der Waals surface area contributed by atoms with Crippen LogP contribution in [0.5, 0.6) is 11.5 Å². The number of benzene rings is 4. The highest BCUT2D eigenvalue weighted by Crippen LogP contribution is 2.29. The van der Waals surface area contributed by atoms with Gasteiger partial charge in [-0.25, -0.2) is 9.98 Å². The minimum atomic E-state index is 0.626. The number of methoxy groups -OCH3 is 2. The lowest BCUT2D eigenvalue weighted by Gasteiger charge is -2.10. The minimum absolute atomic E-state index is 0.626. The maximum absolute atomic E-state index is 5.27. The Morgan fingerprint density at radius 3 is 1.21 bits per heavy atom. The van der Waals surface area contributed by atoms with E-state index >= 15 is 0 Å². The molecular weight excluding hydrogens is 641 g/mol. The van der Waals surface area contributed by atoms with Gasteiger partial charge in [0.05, 0.1) is 48.4 Å². The van der Waals surface area contributed by atoms with Crippen molar-refractivity contribution in [2.45, 2.75) is 26.9 Å². The molecule has 0 aliphatic carbocycles. The van der Waals surface area contributed by atoms with Crippen LogP contribution in [0.25, 0.3) is 0 Å². The summed E-state index contributed by atoms with van der Waals surface area (Å²) in [6, 6.07) is 34.9. The molecule has 0 aliphatic heterocycles. The van der Waals surface area contributed by atoms with E-state index in [-0.39, 0.29) is 0 Å². The van der Waals surface area contributed by atoms with Crippen molar-refractivity contribution in [3.05, 3.63) is 130 Å². The molecule has 2 heterocycles. The number of rotatable bonds is 11. The first-order valence-corrected chi connectivity index (χ1v) is 16.9. The molecule has 12 heteroatoms. The second kappa shape index (κ2) is 15.4. The summed E-state index contributed by atoms with van der Waals surface area (Å²) in [6.07, 6.45) is 0. The molecule has 0 saturated carbocycles.